The number of rotatable bonds is 3. The Balaban J connectivity index is 2.14. The van der Waals surface area contributed by atoms with Crippen LogP contribution in [0.2, 0.25) is 5.15 Å². The first-order valence-electron chi connectivity index (χ1n) is 5.60. The van der Waals surface area contributed by atoms with Gasteiger partial charge in [0.1, 0.15) is 5.15 Å². The largest absolute Gasteiger partial charge is 0.377 e. The Kier molecular flexibility index (Phi) is 3.64. The number of benzene rings is 1. The average Bonchev–Trinajstić information content (AvgIpc) is 2.32. The van der Waals surface area contributed by atoms with E-state index in [1.54, 1.807) is 12.3 Å². The van der Waals surface area contributed by atoms with Crippen LogP contribution in [0.4, 0.5) is 5.69 Å². The van der Waals surface area contributed by atoms with E-state index in [-0.39, 0.29) is 6.04 Å². The zero-order valence-electron chi connectivity index (χ0n) is 9.94. The summed E-state index contributed by atoms with van der Waals surface area (Å²) < 4.78 is 0. The number of aromatic nitrogens is 1. The molecule has 0 amide bonds. The summed E-state index contributed by atoms with van der Waals surface area (Å²) >= 11 is 5.75. The van der Waals surface area contributed by atoms with Gasteiger partial charge in [-0.05, 0) is 37.1 Å². The molecular weight excluding hydrogens is 232 g/mol. The molecule has 1 N–H and O–H groups in total. The van der Waals surface area contributed by atoms with Gasteiger partial charge in [0.15, 0.2) is 0 Å². The number of hydrogen-bond donors (Lipinski definition) is 1. The van der Waals surface area contributed by atoms with Gasteiger partial charge in [-0.1, -0.05) is 35.9 Å². The SMILES string of the molecule is Cc1ccccc1C(C)Nc1ccc(Cl)nc1. The van der Waals surface area contributed by atoms with Crippen LogP contribution in [0.25, 0.3) is 0 Å². The van der Waals surface area contributed by atoms with Crippen molar-refractivity contribution >= 4 is 17.3 Å². The topological polar surface area (TPSA) is 24.9 Å². The second-order valence-electron chi connectivity index (χ2n) is 4.09. The number of pyridine rings is 1. The first-order valence-corrected chi connectivity index (χ1v) is 5.98. The normalized spacial score (nSPS) is 12.2. The van der Waals surface area contributed by atoms with Gasteiger partial charge in [0.2, 0.25) is 0 Å². The summed E-state index contributed by atoms with van der Waals surface area (Å²) in [4.78, 5) is 4.05. The van der Waals surface area contributed by atoms with Gasteiger partial charge in [0.05, 0.1) is 11.9 Å². The fourth-order valence-corrected chi connectivity index (χ4v) is 1.97. The van der Waals surface area contributed by atoms with E-state index >= 15 is 0 Å². The molecule has 1 aromatic carbocycles. The molecule has 0 radical (unpaired) electrons. The maximum atomic E-state index is 5.75. The molecule has 0 aliphatic heterocycles. The smallest absolute Gasteiger partial charge is 0.129 e. The summed E-state index contributed by atoms with van der Waals surface area (Å²) in [6.45, 7) is 4.25. The van der Waals surface area contributed by atoms with Crippen molar-refractivity contribution in [1.82, 2.24) is 4.98 Å². The standard InChI is InChI=1S/C14H15ClN2/c1-10-5-3-4-6-13(10)11(2)17-12-7-8-14(15)16-9-12/h3-9,11,17H,1-2H3. The Morgan fingerprint density at radius 3 is 2.59 bits per heavy atom. The van der Waals surface area contributed by atoms with Gasteiger partial charge < -0.3 is 5.32 Å². The minimum Gasteiger partial charge on any atom is -0.377 e. The molecule has 1 unspecified atom stereocenters. The van der Waals surface area contributed by atoms with Crippen molar-refractivity contribution in [3.05, 3.63) is 58.9 Å². The summed E-state index contributed by atoms with van der Waals surface area (Å²) in [6, 6.07) is 12.3. The Morgan fingerprint density at radius 1 is 1.18 bits per heavy atom. The molecule has 0 saturated heterocycles. The lowest BCUT2D eigenvalue weighted by Crippen LogP contribution is -2.08. The maximum absolute atomic E-state index is 5.75. The van der Waals surface area contributed by atoms with E-state index < -0.39 is 0 Å². The van der Waals surface area contributed by atoms with E-state index in [0.717, 1.165) is 5.69 Å². The van der Waals surface area contributed by atoms with Gasteiger partial charge in [0.25, 0.3) is 0 Å². The predicted molar refractivity (Wildman–Crippen MR) is 72.5 cm³/mol. The molecule has 2 aromatic rings. The minimum atomic E-state index is 0.249. The Hall–Kier alpha value is -1.54. The highest BCUT2D eigenvalue weighted by molar-refractivity contribution is 6.29. The first-order chi connectivity index (χ1) is 8.16. The second-order valence-corrected chi connectivity index (χ2v) is 4.48. The zero-order valence-corrected chi connectivity index (χ0v) is 10.7. The van der Waals surface area contributed by atoms with Crippen LogP contribution < -0.4 is 5.32 Å². The number of hydrogen-bond acceptors (Lipinski definition) is 2. The van der Waals surface area contributed by atoms with Crippen LogP contribution in [0.5, 0.6) is 0 Å². The molecule has 0 saturated carbocycles. The van der Waals surface area contributed by atoms with Gasteiger partial charge in [-0.2, -0.15) is 0 Å². The highest BCUT2D eigenvalue weighted by Crippen LogP contribution is 2.21. The van der Waals surface area contributed by atoms with Crippen LogP contribution in [-0.4, -0.2) is 4.98 Å². The van der Waals surface area contributed by atoms with E-state index in [1.807, 2.05) is 6.07 Å². The van der Waals surface area contributed by atoms with Crippen molar-refractivity contribution in [3.63, 3.8) is 0 Å². The zero-order chi connectivity index (χ0) is 12.3. The van der Waals surface area contributed by atoms with Crippen LogP contribution in [0.1, 0.15) is 24.1 Å². The molecule has 0 bridgehead atoms. The van der Waals surface area contributed by atoms with Gasteiger partial charge >= 0.3 is 0 Å². The molecule has 0 aliphatic rings. The summed E-state index contributed by atoms with van der Waals surface area (Å²) in [5.74, 6) is 0. The van der Waals surface area contributed by atoms with Crippen molar-refractivity contribution in [2.45, 2.75) is 19.9 Å². The van der Waals surface area contributed by atoms with Gasteiger partial charge in [-0.15, -0.1) is 0 Å². The van der Waals surface area contributed by atoms with Crippen LogP contribution in [-0.2, 0) is 0 Å². The lowest BCUT2D eigenvalue weighted by molar-refractivity contribution is 0.872. The highest BCUT2D eigenvalue weighted by atomic mass is 35.5. The van der Waals surface area contributed by atoms with E-state index in [1.165, 1.54) is 11.1 Å². The molecule has 0 spiro atoms. The molecule has 2 nitrogen and oxygen atoms in total. The van der Waals surface area contributed by atoms with Crippen LogP contribution in [0.3, 0.4) is 0 Å². The number of aryl methyl sites for hydroxylation is 1. The van der Waals surface area contributed by atoms with Crippen LogP contribution >= 0.6 is 11.6 Å². The molecule has 1 atom stereocenters. The minimum absolute atomic E-state index is 0.249. The van der Waals surface area contributed by atoms with Crippen LogP contribution in [0.15, 0.2) is 42.6 Å². The molecular formula is C14H15ClN2. The lowest BCUT2D eigenvalue weighted by Gasteiger charge is -2.17. The molecule has 17 heavy (non-hydrogen) atoms. The molecule has 2 rings (SSSR count). The van der Waals surface area contributed by atoms with E-state index in [9.17, 15) is 0 Å². The summed E-state index contributed by atoms with van der Waals surface area (Å²) in [6.07, 6.45) is 1.75. The summed E-state index contributed by atoms with van der Waals surface area (Å²) in [7, 11) is 0. The second kappa shape index (κ2) is 5.19. The van der Waals surface area contributed by atoms with Crippen LogP contribution in [0, 0.1) is 6.92 Å². The first kappa shape index (κ1) is 11.9. The predicted octanol–water partition coefficient (Wildman–Crippen LogP) is 4.22. The Morgan fingerprint density at radius 2 is 1.94 bits per heavy atom. The Bertz CT molecular complexity index is 494. The number of anilines is 1. The van der Waals surface area contributed by atoms with Crippen molar-refractivity contribution in [2.24, 2.45) is 0 Å². The van der Waals surface area contributed by atoms with Crippen molar-refractivity contribution in [1.29, 1.82) is 0 Å². The molecule has 3 heteroatoms. The van der Waals surface area contributed by atoms with E-state index in [4.69, 9.17) is 11.6 Å². The quantitative estimate of drug-likeness (QED) is 0.821. The molecule has 0 aliphatic carbocycles. The number of nitrogens with zero attached hydrogens (tertiary/aromatic N) is 1. The third-order valence-corrected chi connectivity index (χ3v) is 2.99. The summed E-state index contributed by atoms with van der Waals surface area (Å²) in [5, 5.41) is 3.92. The highest BCUT2D eigenvalue weighted by Gasteiger charge is 2.07. The maximum Gasteiger partial charge on any atom is 0.129 e. The van der Waals surface area contributed by atoms with Crippen molar-refractivity contribution in [3.8, 4) is 0 Å². The van der Waals surface area contributed by atoms with Gasteiger partial charge in [0, 0.05) is 6.04 Å². The number of halogens is 1. The van der Waals surface area contributed by atoms with Crippen molar-refractivity contribution < 1.29 is 0 Å². The van der Waals surface area contributed by atoms with Crippen molar-refractivity contribution in [2.75, 3.05) is 5.32 Å². The molecule has 88 valence electrons. The Labute approximate surface area is 107 Å². The summed E-state index contributed by atoms with van der Waals surface area (Å²) in [5.41, 5.74) is 3.56. The molecule has 0 fully saturated rings. The van der Waals surface area contributed by atoms with E-state index in [0.29, 0.717) is 5.15 Å². The molecule has 1 heterocycles. The monoisotopic (exact) mass is 246 g/mol. The van der Waals surface area contributed by atoms with Gasteiger partial charge in [-0.3, -0.25) is 0 Å². The number of nitrogens with one attached hydrogen (secondary N) is 1. The third kappa shape index (κ3) is 2.98. The average molecular weight is 247 g/mol. The third-order valence-electron chi connectivity index (χ3n) is 2.77. The fourth-order valence-electron chi connectivity index (χ4n) is 1.86. The lowest BCUT2D eigenvalue weighted by atomic mass is 10.0. The van der Waals surface area contributed by atoms with Gasteiger partial charge in [-0.25, -0.2) is 4.98 Å². The molecule has 1 aromatic heterocycles. The fraction of sp³-hybridized carbons (Fsp3) is 0.214. The van der Waals surface area contributed by atoms with E-state index in [2.05, 4.69) is 48.4 Å².